The molecule has 8 rings (SSSR count). The van der Waals surface area contributed by atoms with E-state index in [2.05, 4.69) is 114 Å². The smallest absolute Gasteiger partial charge is 0.0992 e. The average Bonchev–Trinajstić information content (AvgIpc) is 3.29. The van der Waals surface area contributed by atoms with E-state index in [1.807, 2.05) is 12.1 Å². The molecule has 0 spiro atoms. The molecule has 0 aliphatic heterocycles. The summed E-state index contributed by atoms with van der Waals surface area (Å²) >= 11 is 0. The van der Waals surface area contributed by atoms with E-state index in [0.29, 0.717) is 5.56 Å². The summed E-state index contributed by atoms with van der Waals surface area (Å²) in [6.45, 7) is 0. The van der Waals surface area contributed by atoms with Crippen LogP contribution < -0.4 is 0 Å². The first-order valence-electron chi connectivity index (χ1n) is 12.4. The Hall–Kier alpha value is -5.20. The molecule has 0 N–H and O–H groups in total. The van der Waals surface area contributed by atoms with Crippen LogP contribution in [0.5, 0.6) is 0 Å². The number of fused-ring (bicyclic) bond motifs is 9. The number of nitrogens with zero attached hydrogens (tertiary/aromatic N) is 3. The SMILES string of the molecule is N#Cc1ccc2c3ccccc3n(-c3c4ccc5ccccc5c4nc4c3ccc3ccccc34)c2c1. The molecule has 37 heavy (non-hydrogen) atoms. The lowest BCUT2D eigenvalue weighted by Gasteiger charge is -2.17. The first-order valence-corrected chi connectivity index (χ1v) is 12.4. The molecule has 3 heteroatoms. The topological polar surface area (TPSA) is 41.6 Å². The van der Waals surface area contributed by atoms with Crippen LogP contribution in [-0.2, 0) is 0 Å². The first kappa shape index (κ1) is 20.0. The quantitative estimate of drug-likeness (QED) is 0.178. The second kappa shape index (κ2) is 7.40. The lowest BCUT2D eigenvalue weighted by molar-refractivity contribution is 1.21. The molecule has 0 saturated heterocycles. The molecule has 0 atom stereocenters. The molecule has 0 unspecified atom stereocenters. The highest BCUT2D eigenvalue weighted by Gasteiger charge is 2.20. The lowest BCUT2D eigenvalue weighted by atomic mass is 9.99. The Kier molecular flexibility index (Phi) is 4.01. The molecule has 2 heterocycles. The van der Waals surface area contributed by atoms with Crippen molar-refractivity contribution < 1.29 is 0 Å². The monoisotopic (exact) mass is 469 g/mol. The summed E-state index contributed by atoms with van der Waals surface area (Å²) in [5.41, 5.74) is 5.85. The van der Waals surface area contributed by atoms with Gasteiger partial charge in [0.05, 0.1) is 39.4 Å². The zero-order valence-electron chi connectivity index (χ0n) is 19.8. The van der Waals surface area contributed by atoms with E-state index in [9.17, 15) is 5.26 Å². The zero-order chi connectivity index (χ0) is 24.5. The molecule has 0 aliphatic carbocycles. The Morgan fingerprint density at radius 3 is 1.70 bits per heavy atom. The summed E-state index contributed by atoms with van der Waals surface area (Å²) in [5, 5.41) is 18.8. The van der Waals surface area contributed by atoms with E-state index >= 15 is 0 Å². The van der Waals surface area contributed by atoms with E-state index in [-0.39, 0.29) is 0 Å². The van der Waals surface area contributed by atoms with Gasteiger partial charge in [0.2, 0.25) is 0 Å². The summed E-state index contributed by atoms with van der Waals surface area (Å²) in [7, 11) is 0. The molecular weight excluding hydrogens is 450 g/mol. The summed E-state index contributed by atoms with van der Waals surface area (Å²) in [6.07, 6.45) is 0. The van der Waals surface area contributed by atoms with E-state index in [1.165, 1.54) is 16.2 Å². The molecule has 0 fully saturated rings. The van der Waals surface area contributed by atoms with Gasteiger partial charge >= 0.3 is 0 Å². The van der Waals surface area contributed by atoms with Gasteiger partial charge in [0.15, 0.2) is 0 Å². The Balaban J connectivity index is 1.69. The van der Waals surface area contributed by atoms with Gasteiger partial charge in [-0.25, -0.2) is 4.98 Å². The van der Waals surface area contributed by atoms with Gasteiger partial charge in [0, 0.05) is 32.3 Å². The Labute approximate surface area is 212 Å². The van der Waals surface area contributed by atoms with E-state index in [0.717, 1.165) is 54.7 Å². The predicted octanol–water partition coefficient (Wildman–Crippen LogP) is 8.66. The second-order valence-corrected chi connectivity index (χ2v) is 9.52. The number of benzene rings is 6. The lowest BCUT2D eigenvalue weighted by Crippen LogP contribution is -2.00. The van der Waals surface area contributed by atoms with Crippen molar-refractivity contribution in [2.45, 2.75) is 0 Å². The minimum absolute atomic E-state index is 0.648. The summed E-state index contributed by atoms with van der Waals surface area (Å²) in [6, 6.07) is 42.5. The number of para-hydroxylation sites is 1. The Bertz CT molecular complexity index is 2170. The number of hydrogen-bond acceptors (Lipinski definition) is 2. The Morgan fingerprint density at radius 1 is 0.514 bits per heavy atom. The number of aromatic nitrogens is 2. The van der Waals surface area contributed by atoms with Gasteiger partial charge in [-0.1, -0.05) is 97.1 Å². The van der Waals surface area contributed by atoms with E-state index in [4.69, 9.17) is 4.98 Å². The van der Waals surface area contributed by atoms with Crippen LogP contribution in [-0.4, -0.2) is 9.55 Å². The molecule has 170 valence electrons. The van der Waals surface area contributed by atoms with Crippen LogP contribution in [0.15, 0.2) is 115 Å². The van der Waals surface area contributed by atoms with Crippen LogP contribution >= 0.6 is 0 Å². The zero-order valence-corrected chi connectivity index (χ0v) is 19.8. The molecule has 0 radical (unpaired) electrons. The maximum atomic E-state index is 9.74. The minimum atomic E-state index is 0.648. The third kappa shape index (κ3) is 2.73. The van der Waals surface area contributed by atoms with Gasteiger partial charge < -0.3 is 4.57 Å². The van der Waals surface area contributed by atoms with Crippen molar-refractivity contribution in [3.8, 4) is 11.8 Å². The highest BCUT2D eigenvalue weighted by molar-refractivity contribution is 6.20. The first-order chi connectivity index (χ1) is 18.3. The fraction of sp³-hybridized carbons (Fsp3) is 0. The van der Waals surface area contributed by atoms with Crippen LogP contribution in [0, 0.1) is 11.3 Å². The number of rotatable bonds is 1. The molecule has 3 nitrogen and oxygen atoms in total. The summed E-state index contributed by atoms with van der Waals surface area (Å²) in [5.74, 6) is 0. The standard InChI is InChI=1S/C34H19N3/c35-20-21-13-16-27-26-11-5-6-12-30(26)37(31(27)19-21)34-28-17-14-22-7-1-3-9-24(22)32(28)36-33-25-10-4-2-8-23(25)15-18-29(33)34/h1-19H. The fourth-order valence-corrected chi connectivity index (χ4v) is 5.91. The third-order valence-electron chi connectivity index (χ3n) is 7.56. The highest BCUT2D eigenvalue weighted by atomic mass is 15.0. The third-order valence-corrected chi connectivity index (χ3v) is 7.56. The summed E-state index contributed by atoms with van der Waals surface area (Å²) in [4.78, 5) is 5.33. The van der Waals surface area contributed by atoms with Crippen molar-refractivity contribution in [1.29, 1.82) is 5.26 Å². The summed E-state index contributed by atoms with van der Waals surface area (Å²) < 4.78 is 2.33. The van der Waals surface area contributed by atoms with Gasteiger partial charge in [-0.15, -0.1) is 0 Å². The van der Waals surface area contributed by atoms with E-state index < -0.39 is 0 Å². The second-order valence-electron chi connectivity index (χ2n) is 9.52. The van der Waals surface area contributed by atoms with Gasteiger partial charge in [-0.05, 0) is 29.0 Å². The largest absolute Gasteiger partial charge is 0.308 e. The van der Waals surface area contributed by atoms with Crippen LogP contribution in [0.4, 0.5) is 0 Å². The maximum absolute atomic E-state index is 9.74. The molecule has 0 saturated carbocycles. The van der Waals surface area contributed by atoms with Gasteiger partial charge in [-0.3, -0.25) is 0 Å². The molecular formula is C34H19N3. The molecule has 8 aromatic rings. The minimum Gasteiger partial charge on any atom is -0.308 e. The van der Waals surface area contributed by atoms with Crippen molar-refractivity contribution in [2.24, 2.45) is 0 Å². The number of hydrogen-bond donors (Lipinski definition) is 0. The van der Waals surface area contributed by atoms with Crippen molar-refractivity contribution >= 4 is 65.2 Å². The Morgan fingerprint density at radius 2 is 1.05 bits per heavy atom. The normalized spacial score (nSPS) is 11.8. The number of nitriles is 1. The van der Waals surface area contributed by atoms with Crippen LogP contribution in [0.3, 0.4) is 0 Å². The maximum Gasteiger partial charge on any atom is 0.0992 e. The molecule has 6 aromatic carbocycles. The molecule has 2 aromatic heterocycles. The number of pyridine rings is 1. The van der Waals surface area contributed by atoms with Crippen LogP contribution in [0.2, 0.25) is 0 Å². The molecule has 0 amide bonds. The fourth-order valence-electron chi connectivity index (χ4n) is 5.91. The van der Waals surface area contributed by atoms with Gasteiger partial charge in [-0.2, -0.15) is 5.26 Å². The predicted molar refractivity (Wildman–Crippen MR) is 153 cm³/mol. The van der Waals surface area contributed by atoms with Crippen LogP contribution in [0.25, 0.3) is 70.8 Å². The van der Waals surface area contributed by atoms with Crippen molar-refractivity contribution in [1.82, 2.24) is 9.55 Å². The highest BCUT2D eigenvalue weighted by Crippen LogP contribution is 2.41. The average molecular weight is 470 g/mol. The van der Waals surface area contributed by atoms with Gasteiger partial charge in [0.25, 0.3) is 0 Å². The molecule has 0 aliphatic rings. The van der Waals surface area contributed by atoms with Gasteiger partial charge in [0.1, 0.15) is 0 Å². The van der Waals surface area contributed by atoms with E-state index in [1.54, 1.807) is 0 Å². The van der Waals surface area contributed by atoms with Crippen molar-refractivity contribution in [2.75, 3.05) is 0 Å². The molecule has 0 bridgehead atoms. The van der Waals surface area contributed by atoms with Crippen molar-refractivity contribution in [3.05, 3.63) is 121 Å². The van der Waals surface area contributed by atoms with Crippen molar-refractivity contribution in [3.63, 3.8) is 0 Å². The van der Waals surface area contributed by atoms with Crippen LogP contribution in [0.1, 0.15) is 5.56 Å².